The lowest BCUT2D eigenvalue weighted by molar-refractivity contribution is 0.262. The summed E-state index contributed by atoms with van der Waals surface area (Å²) in [6, 6.07) is 11.2. The van der Waals surface area contributed by atoms with Crippen molar-refractivity contribution in [2.75, 3.05) is 10.6 Å². The van der Waals surface area contributed by atoms with Crippen molar-refractivity contribution in [2.45, 2.75) is 13.8 Å². The number of amides is 2. The van der Waals surface area contributed by atoms with Crippen molar-refractivity contribution in [3.63, 3.8) is 0 Å². The van der Waals surface area contributed by atoms with Gasteiger partial charge in [-0.2, -0.15) is 5.10 Å². The molecule has 2 N–H and O–H groups in total. The van der Waals surface area contributed by atoms with Gasteiger partial charge in [-0.3, -0.25) is 0 Å². The number of aryl methyl sites for hydroxylation is 2. The van der Waals surface area contributed by atoms with Crippen LogP contribution in [-0.2, 0) is 0 Å². The summed E-state index contributed by atoms with van der Waals surface area (Å²) in [6.07, 6.45) is 3.52. The maximum Gasteiger partial charge on any atom is 0.323 e. The molecule has 21 heavy (non-hydrogen) atoms. The topological polar surface area (TPSA) is 58.4 Å². The molecule has 0 radical (unpaired) electrons. The number of benzene rings is 1. The van der Waals surface area contributed by atoms with Gasteiger partial charge in [-0.15, -0.1) is 0 Å². The van der Waals surface area contributed by atoms with Crippen LogP contribution >= 0.6 is 0 Å². The van der Waals surface area contributed by atoms with E-state index in [0.29, 0.717) is 0 Å². The van der Waals surface area contributed by atoms with Crippen molar-refractivity contribution >= 4 is 22.9 Å². The van der Waals surface area contributed by atoms with Gasteiger partial charge in [0.25, 0.3) is 0 Å². The van der Waals surface area contributed by atoms with Gasteiger partial charge in [0.05, 0.1) is 5.52 Å². The number of fused-ring (bicyclic) bond motifs is 1. The lowest BCUT2D eigenvalue weighted by Gasteiger charge is -2.09. The molecule has 0 unspecified atom stereocenters. The Labute approximate surface area is 122 Å². The van der Waals surface area contributed by atoms with Gasteiger partial charge in [0.15, 0.2) is 0 Å². The van der Waals surface area contributed by atoms with Gasteiger partial charge >= 0.3 is 6.03 Å². The van der Waals surface area contributed by atoms with Gasteiger partial charge in [0.1, 0.15) is 0 Å². The molecule has 0 aliphatic carbocycles. The minimum atomic E-state index is -0.260. The number of nitrogens with one attached hydrogen (secondary N) is 2. The molecule has 2 heterocycles. The molecule has 0 fully saturated rings. The standard InChI is InChI=1S/C16H16N4O/c1-11-7-12(2)9-14(8-11)19-16(21)18-13-4-6-20-15(10-13)3-5-17-20/h3-10H,1-2H3,(H2,18,19,21). The Hall–Kier alpha value is -2.82. The zero-order valence-corrected chi connectivity index (χ0v) is 11.9. The number of carbonyl (C=O) groups is 1. The van der Waals surface area contributed by atoms with E-state index in [1.807, 2.05) is 44.3 Å². The van der Waals surface area contributed by atoms with Crippen molar-refractivity contribution in [1.29, 1.82) is 0 Å². The summed E-state index contributed by atoms with van der Waals surface area (Å²) in [6.45, 7) is 4.01. The first-order valence-corrected chi connectivity index (χ1v) is 6.70. The molecule has 1 aromatic carbocycles. The van der Waals surface area contributed by atoms with E-state index in [4.69, 9.17) is 0 Å². The molecule has 0 aliphatic heterocycles. The first kappa shape index (κ1) is 13.2. The van der Waals surface area contributed by atoms with Gasteiger partial charge in [0, 0.05) is 23.8 Å². The average molecular weight is 280 g/mol. The third-order valence-corrected chi connectivity index (χ3v) is 3.14. The monoisotopic (exact) mass is 280 g/mol. The molecular weight excluding hydrogens is 264 g/mol. The number of rotatable bonds is 2. The second kappa shape index (κ2) is 5.28. The van der Waals surface area contributed by atoms with Crippen molar-refractivity contribution in [1.82, 2.24) is 9.61 Å². The molecule has 5 nitrogen and oxygen atoms in total. The van der Waals surface area contributed by atoms with E-state index in [0.717, 1.165) is 28.0 Å². The van der Waals surface area contributed by atoms with E-state index in [2.05, 4.69) is 21.8 Å². The molecule has 5 heteroatoms. The van der Waals surface area contributed by atoms with Crippen LogP contribution in [0.1, 0.15) is 11.1 Å². The summed E-state index contributed by atoms with van der Waals surface area (Å²) in [5.41, 5.74) is 4.68. The Kier molecular flexibility index (Phi) is 3.31. The molecule has 2 amide bonds. The molecule has 2 aromatic heterocycles. The largest absolute Gasteiger partial charge is 0.323 e. The van der Waals surface area contributed by atoms with Crippen LogP contribution in [0, 0.1) is 13.8 Å². The van der Waals surface area contributed by atoms with E-state index < -0.39 is 0 Å². The molecule has 0 atom stereocenters. The van der Waals surface area contributed by atoms with E-state index >= 15 is 0 Å². The Morgan fingerprint density at radius 1 is 1.00 bits per heavy atom. The predicted octanol–water partition coefficient (Wildman–Crippen LogP) is 3.60. The van der Waals surface area contributed by atoms with Crippen molar-refractivity contribution < 1.29 is 4.79 Å². The van der Waals surface area contributed by atoms with Gasteiger partial charge in [-0.05, 0) is 55.3 Å². The minimum Gasteiger partial charge on any atom is -0.308 e. The molecule has 106 valence electrons. The minimum absolute atomic E-state index is 0.260. The maximum absolute atomic E-state index is 12.0. The zero-order chi connectivity index (χ0) is 14.8. The van der Waals surface area contributed by atoms with Gasteiger partial charge in [-0.1, -0.05) is 6.07 Å². The van der Waals surface area contributed by atoms with E-state index in [1.165, 1.54) is 0 Å². The molecule has 3 rings (SSSR count). The fraction of sp³-hybridized carbons (Fsp3) is 0.125. The fourth-order valence-corrected chi connectivity index (χ4v) is 2.34. The highest BCUT2D eigenvalue weighted by Crippen LogP contribution is 2.15. The van der Waals surface area contributed by atoms with Gasteiger partial charge < -0.3 is 10.6 Å². The number of anilines is 2. The van der Waals surface area contributed by atoms with Crippen LogP contribution in [0.2, 0.25) is 0 Å². The van der Waals surface area contributed by atoms with Gasteiger partial charge in [-0.25, -0.2) is 9.31 Å². The molecule has 0 aliphatic rings. The van der Waals surface area contributed by atoms with Crippen molar-refractivity contribution in [3.05, 3.63) is 59.9 Å². The molecule has 0 spiro atoms. The van der Waals surface area contributed by atoms with E-state index in [9.17, 15) is 4.79 Å². The number of urea groups is 1. The number of hydrogen-bond donors (Lipinski definition) is 2. The predicted molar refractivity (Wildman–Crippen MR) is 83.7 cm³/mol. The first-order valence-electron chi connectivity index (χ1n) is 6.70. The molecular formula is C16H16N4O. The van der Waals surface area contributed by atoms with E-state index in [1.54, 1.807) is 16.8 Å². The maximum atomic E-state index is 12.0. The Morgan fingerprint density at radius 3 is 2.48 bits per heavy atom. The zero-order valence-electron chi connectivity index (χ0n) is 11.9. The number of pyridine rings is 1. The Morgan fingerprint density at radius 2 is 1.71 bits per heavy atom. The van der Waals surface area contributed by atoms with Crippen LogP contribution in [0.15, 0.2) is 48.8 Å². The summed E-state index contributed by atoms with van der Waals surface area (Å²) in [7, 11) is 0. The van der Waals surface area contributed by atoms with Crippen LogP contribution in [0.3, 0.4) is 0 Å². The molecule has 3 aromatic rings. The Balaban J connectivity index is 1.73. The van der Waals surface area contributed by atoms with Crippen LogP contribution < -0.4 is 10.6 Å². The van der Waals surface area contributed by atoms with Crippen molar-refractivity contribution in [3.8, 4) is 0 Å². The van der Waals surface area contributed by atoms with Crippen LogP contribution in [-0.4, -0.2) is 15.6 Å². The highest BCUT2D eigenvalue weighted by atomic mass is 16.2. The van der Waals surface area contributed by atoms with E-state index in [-0.39, 0.29) is 6.03 Å². The second-order valence-corrected chi connectivity index (χ2v) is 5.07. The van der Waals surface area contributed by atoms with Gasteiger partial charge in [0.2, 0.25) is 0 Å². The summed E-state index contributed by atoms with van der Waals surface area (Å²) >= 11 is 0. The smallest absolute Gasteiger partial charge is 0.308 e. The lowest BCUT2D eigenvalue weighted by atomic mass is 10.1. The average Bonchev–Trinajstić information content (AvgIpc) is 2.84. The lowest BCUT2D eigenvalue weighted by Crippen LogP contribution is -2.19. The quantitative estimate of drug-likeness (QED) is 0.753. The fourth-order valence-electron chi connectivity index (χ4n) is 2.34. The normalized spacial score (nSPS) is 10.6. The SMILES string of the molecule is Cc1cc(C)cc(NC(=O)Nc2ccn3nccc3c2)c1. The molecule has 0 saturated heterocycles. The summed E-state index contributed by atoms with van der Waals surface area (Å²) in [5, 5.41) is 9.78. The molecule has 0 saturated carbocycles. The number of nitrogens with zero attached hydrogens (tertiary/aromatic N) is 2. The number of aromatic nitrogens is 2. The highest BCUT2D eigenvalue weighted by molar-refractivity contribution is 6.00. The first-order chi connectivity index (χ1) is 10.1. The van der Waals surface area contributed by atoms with Crippen LogP contribution in [0.5, 0.6) is 0 Å². The van der Waals surface area contributed by atoms with Crippen molar-refractivity contribution in [2.24, 2.45) is 0 Å². The third kappa shape index (κ3) is 3.02. The van der Waals surface area contributed by atoms with Crippen LogP contribution in [0.25, 0.3) is 5.52 Å². The second-order valence-electron chi connectivity index (χ2n) is 5.07. The number of hydrogen-bond acceptors (Lipinski definition) is 2. The number of carbonyl (C=O) groups excluding carboxylic acids is 1. The Bertz CT molecular complexity index is 787. The third-order valence-electron chi connectivity index (χ3n) is 3.14. The summed E-state index contributed by atoms with van der Waals surface area (Å²) in [4.78, 5) is 12.0. The van der Waals surface area contributed by atoms with Crippen LogP contribution in [0.4, 0.5) is 16.2 Å². The molecule has 0 bridgehead atoms. The highest BCUT2D eigenvalue weighted by Gasteiger charge is 2.04. The summed E-state index contributed by atoms with van der Waals surface area (Å²) < 4.78 is 1.74. The summed E-state index contributed by atoms with van der Waals surface area (Å²) in [5.74, 6) is 0.